The first-order valence-electron chi connectivity index (χ1n) is 5.63. The minimum absolute atomic E-state index is 0.135. The molecule has 1 unspecified atom stereocenters. The van der Waals surface area contributed by atoms with Crippen LogP contribution in [0.1, 0.15) is 45.4 Å². The number of carbonyl (C=O) groups is 1. The van der Waals surface area contributed by atoms with Crippen molar-refractivity contribution in [3.8, 4) is 12.1 Å². The van der Waals surface area contributed by atoms with E-state index >= 15 is 0 Å². The summed E-state index contributed by atoms with van der Waals surface area (Å²) < 4.78 is 5.05. The van der Waals surface area contributed by atoms with Gasteiger partial charge in [-0.2, -0.15) is 10.5 Å². The molecular weight excluding hydrogens is 204 g/mol. The number of carbonyl (C=O) groups excluding carboxylic acids is 1. The van der Waals surface area contributed by atoms with Crippen LogP contribution in [-0.2, 0) is 9.53 Å². The zero-order chi connectivity index (χ0) is 12.2. The van der Waals surface area contributed by atoms with Crippen LogP contribution in [0.15, 0.2) is 0 Å². The maximum absolute atomic E-state index is 11.4. The number of hydrogen-bond acceptors (Lipinski definition) is 4. The molecule has 0 aromatic heterocycles. The molecule has 0 radical (unpaired) electrons. The molecule has 0 aliphatic carbocycles. The van der Waals surface area contributed by atoms with Gasteiger partial charge in [0.1, 0.15) is 0 Å². The normalized spacial score (nSPS) is 11.2. The fourth-order valence-corrected chi connectivity index (χ4v) is 1.23. The Morgan fingerprint density at radius 2 is 1.81 bits per heavy atom. The fourth-order valence-electron chi connectivity index (χ4n) is 1.23. The molecule has 0 aliphatic heterocycles. The van der Waals surface area contributed by atoms with Gasteiger partial charge in [0.15, 0.2) is 0 Å². The number of nitrogens with zero attached hydrogens (tertiary/aromatic N) is 2. The summed E-state index contributed by atoms with van der Waals surface area (Å²) in [7, 11) is 0. The molecule has 0 rings (SSSR count). The predicted octanol–water partition coefficient (Wildman–Crippen LogP) is 2.55. The van der Waals surface area contributed by atoms with Gasteiger partial charge in [0.05, 0.1) is 24.7 Å². The summed E-state index contributed by atoms with van der Waals surface area (Å²) in [6, 6.07) is 4.09. The van der Waals surface area contributed by atoms with Gasteiger partial charge in [0.2, 0.25) is 0 Å². The highest BCUT2D eigenvalue weighted by Crippen LogP contribution is 2.09. The molecule has 0 bridgehead atoms. The molecule has 4 nitrogen and oxygen atoms in total. The highest BCUT2D eigenvalue weighted by molar-refractivity contribution is 5.71. The van der Waals surface area contributed by atoms with Crippen LogP contribution in [0, 0.1) is 28.6 Å². The maximum atomic E-state index is 11.4. The molecule has 0 aliphatic rings. The first kappa shape index (κ1) is 14.5. The van der Waals surface area contributed by atoms with Crippen molar-refractivity contribution in [2.75, 3.05) is 6.61 Å². The van der Waals surface area contributed by atoms with Crippen LogP contribution >= 0.6 is 0 Å². The molecular formula is C12H18N2O2. The van der Waals surface area contributed by atoms with E-state index in [0.717, 1.165) is 19.3 Å². The summed E-state index contributed by atoms with van der Waals surface area (Å²) >= 11 is 0. The van der Waals surface area contributed by atoms with Crippen molar-refractivity contribution in [3.05, 3.63) is 0 Å². The quantitative estimate of drug-likeness (QED) is 0.467. The number of hydrogen-bond donors (Lipinski definition) is 0. The van der Waals surface area contributed by atoms with Crippen LogP contribution in [0.4, 0.5) is 0 Å². The van der Waals surface area contributed by atoms with E-state index in [1.807, 2.05) is 19.1 Å². The highest BCUT2D eigenvalue weighted by atomic mass is 16.5. The van der Waals surface area contributed by atoms with Gasteiger partial charge in [-0.15, -0.1) is 0 Å². The van der Waals surface area contributed by atoms with E-state index in [4.69, 9.17) is 15.3 Å². The third-order valence-electron chi connectivity index (χ3n) is 2.26. The van der Waals surface area contributed by atoms with Crippen molar-refractivity contribution in [3.63, 3.8) is 0 Å². The van der Waals surface area contributed by atoms with E-state index < -0.39 is 0 Å². The molecule has 0 N–H and O–H groups in total. The number of esters is 1. The van der Waals surface area contributed by atoms with Gasteiger partial charge in [0.25, 0.3) is 0 Å². The number of nitriles is 2. The highest BCUT2D eigenvalue weighted by Gasteiger charge is 2.13. The molecule has 4 heteroatoms. The van der Waals surface area contributed by atoms with Crippen molar-refractivity contribution < 1.29 is 9.53 Å². The Balaban J connectivity index is 3.49. The van der Waals surface area contributed by atoms with Crippen molar-refractivity contribution in [2.24, 2.45) is 5.92 Å². The lowest BCUT2D eigenvalue weighted by molar-refractivity contribution is -0.148. The second kappa shape index (κ2) is 9.98. The zero-order valence-corrected chi connectivity index (χ0v) is 9.74. The minimum atomic E-state index is -0.199. The van der Waals surface area contributed by atoms with Gasteiger partial charge < -0.3 is 4.74 Å². The van der Waals surface area contributed by atoms with Crippen LogP contribution in [0.3, 0.4) is 0 Å². The molecule has 0 aromatic rings. The number of ether oxygens (including phenoxy) is 1. The largest absolute Gasteiger partial charge is 0.465 e. The van der Waals surface area contributed by atoms with Gasteiger partial charge in [-0.1, -0.05) is 6.92 Å². The predicted molar refractivity (Wildman–Crippen MR) is 59.1 cm³/mol. The van der Waals surface area contributed by atoms with Gasteiger partial charge in [-0.3, -0.25) is 4.79 Å². The van der Waals surface area contributed by atoms with E-state index in [-0.39, 0.29) is 11.9 Å². The number of unbranched alkanes of at least 4 members (excludes halogenated alkanes) is 3. The molecule has 0 aromatic carbocycles. The summed E-state index contributed by atoms with van der Waals surface area (Å²) in [5.41, 5.74) is 0. The lowest BCUT2D eigenvalue weighted by atomic mass is 10.1. The molecule has 0 saturated heterocycles. The fraction of sp³-hybridized carbons (Fsp3) is 0.750. The monoisotopic (exact) mass is 222 g/mol. The summed E-state index contributed by atoms with van der Waals surface area (Å²) in [6.07, 6.45) is 3.94. The van der Waals surface area contributed by atoms with Crippen molar-refractivity contribution in [2.45, 2.75) is 45.4 Å². The summed E-state index contributed by atoms with van der Waals surface area (Å²) in [6.45, 7) is 2.21. The molecule has 0 spiro atoms. The maximum Gasteiger partial charge on any atom is 0.308 e. The van der Waals surface area contributed by atoms with Gasteiger partial charge in [-0.05, 0) is 25.7 Å². The van der Waals surface area contributed by atoms with Gasteiger partial charge >= 0.3 is 5.97 Å². The van der Waals surface area contributed by atoms with E-state index in [2.05, 4.69) is 0 Å². The Labute approximate surface area is 96.8 Å². The van der Waals surface area contributed by atoms with Crippen molar-refractivity contribution >= 4 is 5.97 Å². The van der Waals surface area contributed by atoms with Crippen LogP contribution in [0.5, 0.6) is 0 Å². The topological polar surface area (TPSA) is 73.9 Å². The second-order valence-electron chi connectivity index (χ2n) is 3.73. The van der Waals surface area contributed by atoms with E-state index in [9.17, 15) is 4.79 Å². The molecule has 0 fully saturated rings. The Kier molecular flexibility index (Phi) is 9.02. The van der Waals surface area contributed by atoms with E-state index in [1.54, 1.807) is 0 Å². The summed E-state index contributed by atoms with van der Waals surface area (Å²) in [4.78, 5) is 11.4. The Morgan fingerprint density at radius 3 is 2.44 bits per heavy atom. The molecule has 0 amide bonds. The number of rotatable bonds is 8. The Hall–Kier alpha value is -1.55. The van der Waals surface area contributed by atoms with Crippen molar-refractivity contribution in [1.29, 1.82) is 10.5 Å². The SMILES string of the molecule is CC(CCCC#N)C(=O)OCCCCC#N. The lowest BCUT2D eigenvalue weighted by Gasteiger charge is -2.09. The van der Waals surface area contributed by atoms with Crippen LogP contribution in [-0.4, -0.2) is 12.6 Å². The van der Waals surface area contributed by atoms with Crippen LogP contribution in [0.25, 0.3) is 0 Å². The summed E-state index contributed by atoms with van der Waals surface area (Å²) in [5.74, 6) is -0.334. The molecule has 1 atom stereocenters. The average Bonchev–Trinajstić information content (AvgIpc) is 2.28. The zero-order valence-electron chi connectivity index (χ0n) is 9.74. The van der Waals surface area contributed by atoms with E-state index in [1.165, 1.54) is 0 Å². The Morgan fingerprint density at radius 1 is 1.19 bits per heavy atom. The molecule has 16 heavy (non-hydrogen) atoms. The standard InChI is InChI=1S/C12H18N2O2/c1-11(7-3-5-9-14)12(15)16-10-6-2-4-8-13/h11H,2-7,10H2,1H3. The first-order valence-corrected chi connectivity index (χ1v) is 5.63. The molecule has 0 saturated carbocycles. The smallest absolute Gasteiger partial charge is 0.308 e. The van der Waals surface area contributed by atoms with Crippen molar-refractivity contribution in [1.82, 2.24) is 0 Å². The lowest BCUT2D eigenvalue weighted by Crippen LogP contribution is -2.15. The van der Waals surface area contributed by atoms with Crippen LogP contribution in [0.2, 0.25) is 0 Å². The molecule has 0 heterocycles. The molecule has 88 valence electrons. The second-order valence-corrected chi connectivity index (χ2v) is 3.73. The average molecular weight is 222 g/mol. The van der Waals surface area contributed by atoms with Gasteiger partial charge in [0, 0.05) is 12.8 Å². The van der Waals surface area contributed by atoms with Gasteiger partial charge in [-0.25, -0.2) is 0 Å². The summed E-state index contributed by atoms with van der Waals surface area (Å²) in [5, 5.41) is 16.6. The minimum Gasteiger partial charge on any atom is -0.465 e. The van der Waals surface area contributed by atoms with Crippen LogP contribution < -0.4 is 0 Å². The Bertz CT molecular complexity index is 276. The first-order chi connectivity index (χ1) is 7.72. The van der Waals surface area contributed by atoms with E-state index in [0.29, 0.717) is 25.9 Å². The third-order valence-corrected chi connectivity index (χ3v) is 2.26. The third kappa shape index (κ3) is 7.82.